The number of nitrogens with zero attached hydrogens (tertiary/aromatic N) is 5. The number of para-hydroxylation sites is 1. The zero-order valence-electron chi connectivity index (χ0n) is 17.1. The molecule has 1 aromatic carbocycles. The van der Waals surface area contributed by atoms with Crippen LogP contribution in [0.15, 0.2) is 24.3 Å². The maximum absolute atomic E-state index is 12.9. The molecule has 1 saturated heterocycles. The number of aromatic nitrogens is 3. The second-order valence-electron chi connectivity index (χ2n) is 8.20. The maximum atomic E-state index is 12.9. The number of aliphatic hydroxyl groups is 1. The summed E-state index contributed by atoms with van der Waals surface area (Å²) in [5.41, 5.74) is 0.611. The van der Waals surface area contributed by atoms with E-state index in [1.54, 1.807) is 19.2 Å². The number of methoxy groups -OCH3 is 1. The molecule has 1 fully saturated rings. The first-order valence-corrected chi connectivity index (χ1v) is 9.54. The highest BCUT2D eigenvalue weighted by atomic mass is 16.5. The number of hydrogen-bond acceptors (Lipinski definition) is 6. The first-order valence-electron chi connectivity index (χ1n) is 9.54. The van der Waals surface area contributed by atoms with Gasteiger partial charge in [0.2, 0.25) is 5.95 Å². The van der Waals surface area contributed by atoms with Gasteiger partial charge in [-0.2, -0.15) is 0 Å². The summed E-state index contributed by atoms with van der Waals surface area (Å²) in [6, 6.07) is 7.29. The minimum absolute atomic E-state index is 0.0238. The van der Waals surface area contributed by atoms with E-state index in [2.05, 4.69) is 35.9 Å². The van der Waals surface area contributed by atoms with Gasteiger partial charge in [0, 0.05) is 32.7 Å². The van der Waals surface area contributed by atoms with Crippen molar-refractivity contribution in [3.63, 3.8) is 0 Å². The van der Waals surface area contributed by atoms with Crippen LogP contribution in [0.3, 0.4) is 0 Å². The van der Waals surface area contributed by atoms with Gasteiger partial charge in [-0.1, -0.05) is 32.9 Å². The van der Waals surface area contributed by atoms with Crippen LogP contribution in [0, 0.1) is 5.41 Å². The van der Waals surface area contributed by atoms with Gasteiger partial charge in [-0.15, -0.1) is 10.2 Å². The summed E-state index contributed by atoms with van der Waals surface area (Å²) in [7, 11) is 1.57. The molecule has 1 aliphatic heterocycles. The van der Waals surface area contributed by atoms with Crippen molar-refractivity contribution < 1.29 is 14.6 Å². The molecule has 0 atom stereocenters. The molecule has 1 aliphatic rings. The Hall–Kier alpha value is -2.61. The van der Waals surface area contributed by atoms with E-state index in [-0.39, 0.29) is 17.9 Å². The van der Waals surface area contributed by atoms with Crippen LogP contribution < -0.4 is 9.64 Å². The molecule has 0 saturated carbocycles. The lowest BCUT2D eigenvalue weighted by Crippen LogP contribution is -2.49. The maximum Gasteiger partial charge on any atom is 0.257 e. The Morgan fingerprint density at radius 2 is 1.82 bits per heavy atom. The lowest BCUT2D eigenvalue weighted by atomic mass is 9.97. The van der Waals surface area contributed by atoms with Crippen molar-refractivity contribution >= 4 is 11.9 Å². The molecule has 0 radical (unpaired) electrons. The van der Waals surface area contributed by atoms with E-state index < -0.39 is 0 Å². The minimum Gasteiger partial charge on any atom is -0.496 e. The molecule has 0 aliphatic carbocycles. The monoisotopic (exact) mass is 387 g/mol. The number of hydrogen-bond donors (Lipinski definition) is 1. The van der Waals surface area contributed by atoms with Crippen molar-refractivity contribution in [1.82, 2.24) is 19.7 Å². The second-order valence-corrected chi connectivity index (χ2v) is 8.20. The summed E-state index contributed by atoms with van der Waals surface area (Å²) in [5, 5.41) is 18.1. The molecule has 1 aromatic heterocycles. The smallest absolute Gasteiger partial charge is 0.257 e. The predicted molar refractivity (Wildman–Crippen MR) is 107 cm³/mol. The van der Waals surface area contributed by atoms with Crippen LogP contribution in [0.25, 0.3) is 0 Å². The summed E-state index contributed by atoms with van der Waals surface area (Å²) in [6.45, 7) is 9.50. The Morgan fingerprint density at radius 1 is 1.14 bits per heavy atom. The highest BCUT2D eigenvalue weighted by Gasteiger charge is 2.28. The fraction of sp³-hybridized carbons (Fsp3) is 0.550. The van der Waals surface area contributed by atoms with E-state index in [9.17, 15) is 9.90 Å². The molecule has 2 heterocycles. The number of carbonyl (C=O) groups excluding carboxylic acids is 1. The highest BCUT2D eigenvalue weighted by Crippen LogP contribution is 2.24. The molecular weight excluding hydrogens is 358 g/mol. The van der Waals surface area contributed by atoms with Crippen LogP contribution in [-0.4, -0.2) is 64.0 Å². The topological polar surface area (TPSA) is 83.7 Å². The van der Waals surface area contributed by atoms with Gasteiger partial charge in [-0.3, -0.25) is 9.36 Å². The first kappa shape index (κ1) is 20.1. The average Bonchev–Trinajstić information content (AvgIpc) is 3.08. The quantitative estimate of drug-likeness (QED) is 0.842. The Labute approximate surface area is 165 Å². The van der Waals surface area contributed by atoms with Crippen molar-refractivity contribution in [3.8, 4) is 5.75 Å². The van der Waals surface area contributed by atoms with Crippen molar-refractivity contribution in [2.24, 2.45) is 5.41 Å². The molecule has 0 bridgehead atoms. The third-order valence-electron chi connectivity index (χ3n) is 4.77. The number of rotatable bonds is 5. The highest BCUT2D eigenvalue weighted by molar-refractivity contribution is 5.97. The van der Waals surface area contributed by atoms with Gasteiger partial charge in [0.1, 0.15) is 12.4 Å². The number of ether oxygens (including phenoxy) is 1. The lowest BCUT2D eigenvalue weighted by Gasteiger charge is -2.36. The molecule has 28 heavy (non-hydrogen) atoms. The minimum atomic E-state index is -0.144. The number of carbonyl (C=O) groups is 1. The van der Waals surface area contributed by atoms with Crippen LogP contribution in [0.2, 0.25) is 0 Å². The zero-order valence-corrected chi connectivity index (χ0v) is 17.1. The first-order chi connectivity index (χ1) is 13.3. The molecule has 0 spiro atoms. The van der Waals surface area contributed by atoms with Gasteiger partial charge in [0.15, 0.2) is 5.82 Å². The largest absolute Gasteiger partial charge is 0.496 e. The van der Waals surface area contributed by atoms with Crippen molar-refractivity contribution in [2.45, 2.75) is 33.9 Å². The molecule has 0 unspecified atom stereocenters. The summed E-state index contributed by atoms with van der Waals surface area (Å²) in [4.78, 5) is 16.9. The van der Waals surface area contributed by atoms with Gasteiger partial charge < -0.3 is 19.6 Å². The number of piperazine rings is 1. The van der Waals surface area contributed by atoms with E-state index in [0.717, 1.165) is 5.95 Å². The van der Waals surface area contributed by atoms with Crippen molar-refractivity contribution in [3.05, 3.63) is 35.7 Å². The fourth-order valence-electron chi connectivity index (χ4n) is 3.41. The molecule has 3 rings (SSSR count). The SMILES string of the molecule is COc1ccccc1C(=O)N1CCN(c2nnc(CO)n2CC(C)(C)C)CC1. The van der Waals surface area contributed by atoms with Gasteiger partial charge in [-0.05, 0) is 17.5 Å². The second kappa shape index (κ2) is 8.18. The van der Waals surface area contributed by atoms with E-state index in [1.165, 1.54) is 0 Å². The Balaban J connectivity index is 1.72. The van der Waals surface area contributed by atoms with E-state index in [4.69, 9.17) is 4.74 Å². The molecule has 1 N–H and O–H groups in total. The molecule has 2 aromatic rings. The Bertz CT molecular complexity index is 819. The van der Waals surface area contributed by atoms with Crippen LogP contribution >= 0.6 is 0 Å². The third kappa shape index (κ3) is 4.27. The van der Waals surface area contributed by atoms with Gasteiger partial charge in [-0.25, -0.2) is 0 Å². The van der Waals surface area contributed by atoms with Crippen LogP contribution in [0.1, 0.15) is 37.0 Å². The average molecular weight is 387 g/mol. The van der Waals surface area contributed by atoms with E-state index in [1.807, 2.05) is 21.6 Å². The Morgan fingerprint density at radius 3 is 2.43 bits per heavy atom. The molecule has 8 nitrogen and oxygen atoms in total. The molecule has 1 amide bonds. The van der Waals surface area contributed by atoms with Crippen molar-refractivity contribution in [2.75, 3.05) is 38.2 Å². The summed E-state index contributed by atoms with van der Waals surface area (Å²) < 4.78 is 7.31. The molecule has 8 heteroatoms. The molecule has 152 valence electrons. The summed E-state index contributed by atoms with van der Waals surface area (Å²) >= 11 is 0. The summed E-state index contributed by atoms with van der Waals surface area (Å²) in [5.74, 6) is 1.89. The number of amides is 1. The number of anilines is 1. The predicted octanol–water partition coefficient (Wildman–Crippen LogP) is 1.79. The lowest BCUT2D eigenvalue weighted by molar-refractivity contribution is 0.0742. The fourth-order valence-corrected chi connectivity index (χ4v) is 3.41. The number of aliphatic hydroxyl groups excluding tert-OH is 1. The van der Waals surface area contributed by atoms with Crippen LogP contribution in [0.4, 0.5) is 5.95 Å². The van der Waals surface area contributed by atoms with Crippen LogP contribution in [0.5, 0.6) is 5.75 Å². The van der Waals surface area contributed by atoms with Crippen molar-refractivity contribution in [1.29, 1.82) is 0 Å². The van der Waals surface area contributed by atoms with Gasteiger partial charge in [0.25, 0.3) is 5.91 Å². The van der Waals surface area contributed by atoms with E-state index >= 15 is 0 Å². The standard InChI is InChI=1S/C20H29N5O3/c1-20(2,3)14-25-17(13-26)21-22-19(25)24-11-9-23(10-12-24)18(27)15-7-5-6-8-16(15)28-4/h5-8,26H,9-14H2,1-4H3. The molecular formula is C20H29N5O3. The zero-order chi connectivity index (χ0) is 20.3. The Kier molecular flexibility index (Phi) is 5.88. The van der Waals surface area contributed by atoms with Gasteiger partial charge >= 0.3 is 0 Å². The van der Waals surface area contributed by atoms with E-state index in [0.29, 0.717) is 49.9 Å². The summed E-state index contributed by atoms with van der Waals surface area (Å²) in [6.07, 6.45) is 0. The number of benzene rings is 1. The normalized spacial score (nSPS) is 15.0. The van der Waals surface area contributed by atoms with Crippen LogP contribution in [-0.2, 0) is 13.2 Å². The third-order valence-corrected chi connectivity index (χ3v) is 4.77. The van der Waals surface area contributed by atoms with Gasteiger partial charge in [0.05, 0.1) is 12.7 Å².